The van der Waals surface area contributed by atoms with Gasteiger partial charge in [0.1, 0.15) is 0 Å². The lowest BCUT2D eigenvalue weighted by atomic mass is 10.2. The molecule has 1 aromatic rings. The zero-order valence-corrected chi connectivity index (χ0v) is 13.0. The van der Waals surface area contributed by atoms with Crippen LogP contribution in [-0.2, 0) is 21.2 Å². The van der Waals surface area contributed by atoms with Crippen LogP contribution >= 0.6 is 0 Å². The van der Waals surface area contributed by atoms with Gasteiger partial charge in [-0.2, -0.15) is 4.31 Å². The van der Waals surface area contributed by atoms with E-state index >= 15 is 0 Å². The molecule has 0 amide bonds. The second-order valence-electron chi connectivity index (χ2n) is 5.24. The van der Waals surface area contributed by atoms with Crippen molar-refractivity contribution in [1.29, 1.82) is 0 Å². The molecule has 0 atom stereocenters. The number of nitrogens with one attached hydrogen (secondary N) is 1. The largest absolute Gasteiger partial charge is 0.384 e. The van der Waals surface area contributed by atoms with E-state index in [1.165, 1.54) is 4.31 Å². The lowest BCUT2D eigenvalue weighted by Crippen LogP contribution is -2.31. The van der Waals surface area contributed by atoms with Crippen LogP contribution in [0.25, 0.3) is 0 Å². The minimum absolute atomic E-state index is 0.108. The average molecular weight is 298 g/mol. The molecule has 1 N–H and O–H groups in total. The predicted molar refractivity (Wildman–Crippen MR) is 79.5 cm³/mol. The molecule has 0 saturated heterocycles. The minimum atomic E-state index is -3.43. The maximum Gasteiger partial charge on any atom is 0.242 e. The fraction of sp³-hybridized carbons (Fsp3) is 0.571. The first-order chi connectivity index (χ1) is 9.41. The van der Waals surface area contributed by atoms with E-state index in [4.69, 9.17) is 4.74 Å². The molecule has 0 spiro atoms. The normalized spacial score (nSPS) is 14.7. The van der Waals surface area contributed by atoms with Crippen molar-refractivity contribution in [3.63, 3.8) is 0 Å². The van der Waals surface area contributed by atoms with Crippen LogP contribution in [0.5, 0.6) is 0 Å². The molecule has 1 heterocycles. The third-order valence-corrected chi connectivity index (χ3v) is 5.20. The Morgan fingerprint density at radius 2 is 2.15 bits per heavy atom. The number of hydrogen-bond acceptors (Lipinski definition) is 4. The molecule has 112 valence electrons. The predicted octanol–water partition coefficient (Wildman–Crippen LogP) is 1.70. The molecule has 0 aliphatic carbocycles. The number of rotatable bonds is 6. The van der Waals surface area contributed by atoms with Crippen LogP contribution in [0.3, 0.4) is 0 Å². The number of hydrogen-bond donors (Lipinski definition) is 1. The third kappa shape index (κ3) is 3.31. The molecule has 2 rings (SSSR count). The van der Waals surface area contributed by atoms with Crippen LogP contribution in [0.1, 0.15) is 19.4 Å². The van der Waals surface area contributed by atoms with Crippen molar-refractivity contribution in [3.8, 4) is 0 Å². The van der Waals surface area contributed by atoms with Crippen molar-refractivity contribution in [2.45, 2.75) is 31.3 Å². The number of nitrogens with zero attached hydrogens (tertiary/aromatic N) is 1. The Morgan fingerprint density at radius 3 is 2.85 bits per heavy atom. The number of sulfonamides is 1. The van der Waals surface area contributed by atoms with Gasteiger partial charge in [-0.15, -0.1) is 0 Å². The van der Waals surface area contributed by atoms with Crippen molar-refractivity contribution in [1.82, 2.24) is 4.31 Å². The highest BCUT2D eigenvalue weighted by Crippen LogP contribution is 2.26. The van der Waals surface area contributed by atoms with Gasteiger partial charge in [-0.25, -0.2) is 8.42 Å². The standard InChI is InChI=1S/C14H22N2O3S/c1-11(2)19-9-8-16(3)20(17,18)13-4-5-14-12(10-13)6-7-15-14/h4-5,10-11,15H,6-9H2,1-3H3. The molecular formula is C14H22N2O3S. The lowest BCUT2D eigenvalue weighted by molar-refractivity contribution is 0.0737. The van der Waals surface area contributed by atoms with Gasteiger partial charge >= 0.3 is 0 Å². The molecule has 5 nitrogen and oxygen atoms in total. The molecule has 0 aromatic heterocycles. The SMILES string of the molecule is CC(C)OCCN(C)S(=O)(=O)c1ccc2c(c1)CCN2. The second-order valence-corrected chi connectivity index (χ2v) is 7.29. The van der Waals surface area contributed by atoms with E-state index in [0.717, 1.165) is 24.2 Å². The number of benzene rings is 1. The van der Waals surface area contributed by atoms with Gasteiger partial charge in [-0.3, -0.25) is 0 Å². The zero-order valence-electron chi connectivity index (χ0n) is 12.2. The summed E-state index contributed by atoms with van der Waals surface area (Å²) in [5.74, 6) is 0. The van der Waals surface area contributed by atoms with Gasteiger partial charge in [0.25, 0.3) is 0 Å². The van der Waals surface area contributed by atoms with Crippen LogP contribution in [-0.4, -0.2) is 45.6 Å². The highest BCUT2D eigenvalue weighted by atomic mass is 32.2. The fourth-order valence-corrected chi connectivity index (χ4v) is 3.36. The first-order valence-electron chi connectivity index (χ1n) is 6.86. The molecule has 6 heteroatoms. The van der Waals surface area contributed by atoms with E-state index in [2.05, 4.69) is 5.32 Å². The van der Waals surface area contributed by atoms with E-state index in [0.29, 0.717) is 18.0 Å². The number of anilines is 1. The Bertz CT molecular complexity index is 570. The molecule has 0 saturated carbocycles. The Balaban J connectivity index is 2.09. The molecule has 1 aliphatic heterocycles. The highest BCUT2D eigenvalue weighted by Gasteiger charge is 2.22. The average Bonchev–Trinajstić information content (AvgIpc) is 2.85. The summed E-state index contributed by atoms with van der Waals surface area (Å²) in [6.45, 7) is 5.50. The summed E-state index contributed by atoms with van der Waals surface area (Å²) in [5.41, 5.74) is 2.10. The summed E-state index contributed by atoms with van der Waals surface area (Å²) in [6.07, 6.45) is 0.982. The van der Waals surface area contributed by atoms with E-state index in [1.807, 2.05) is 19.9 Å². The van der Waals surface area contributed by atoms with E-state index in [9.17, 15) is 8.42 Å². The molecular weight excluding hydrogens is 276 g/mol. The van der Waals surface area contributed by atoms with Crippen LogP contribution in [0.2, 0.25) is 0 Å². The van der Waals surface area contributed by atoms with Crippen LogP contribution in [0.4, 0.5) is 5.69 Å². The fourth-order valence-electron chi connectivity index (χ4n) is 2.16. The maximum absolute atomic E-state index is 12.5. The maximum atomic E-state index is 12.5. The van der Waals surface area contributed by atoms with Gasteiger partial charge in [0, 0.05) is 25.8 Å². The van der Waals surface area contributed by atoms with Crippen molar-refractivity contribution in [2.75, 3.05) is 32.1 Å². The quantitative estimate of drug-likeness (QED) is 0.868. The number of likely N-dealkylation sites (N-methyl/N-ethyl adjacent to an activating group) is 1. The number of ether oxygens (including phenoxy) is 1. The summed E-state index contributed by atoms with van der Waals surface area (Å²) < 4.78 is 31.7. The first kappa shape index (κ1) is 15.3. The van der Waals surface area contributed by atoms with Crippen molar-refractivity contribution in [3.05, 3.63) is 23.8 Å². The first-order valence-corrected chi connectivity index (χ1v) is 8.30. The van der Waals surface area contributed by atoms with Gasteiger partial charge in [0.2, 0.25) is 10.0 Å². The number of fused-ring (bicyclic) bond motifs is 1. The van der Waals surface area contributed by atoms with Gasteiger partial charge in [0.15, 0.2) is 0 Å². The summed E-state index contributed by atoms with van der Waals surface area (Å²) >= 11 is 0. The summed E-state index contributed by atoms with van der Waals surface area (Å²) in [5, 5.41) is 3.23. The van der Waals surface area contributed by atoms with Gasteiger partial charge in [0.05, 0.1) is 17.6 Å². The molecule has 0 bridgehead atoms. The molecule has 1 aliphatic rings. The second kappa shape index (κ2) is 6.11. The van der Waals surface area contributed by atoms with E-state index in [-0.39, 0.29) is 6.10 Å². The zero-order chi connectivity index (χ0) is 14.8. The Hall–Kier alpha value is -1.11. The molecule has 0 fully saturated rings. The monoisotopic (exact) mass is 298 g/mol. The highest BCUT2D eigenvalue weighted by molar-refractivity contribution is 7.89. The van der Waals surface area contributed by atoms with E-state index in [1.54, 1.807) is 19.2 Å². The van der Waals surface area contributed by atoms with E-state index < -0.39 is 10.0 Å². The summed E-state index contributed by atoms with van der Waals surface area (Å²) in [4.78, 5) is 0.354. The van der Waals surface area contributed by atoms with Crippen molar-refractivity contribution >= 4 is 15.7 Å². The third-order valence-electron chi connectivity index (χ3n) is 3.35. The van der Waals surface area contributed by atoms with Crippen molar-refractivity contribution in [2.24, 2.45) is 0 Å². The van der Waals surface area contributed by atoms with Crippen LogP contribution < -0.4 is 5.32 Å². The summed E-state index contributed by atoms with van der Waals surface area (Å²) in [7, 11) is -1.85. The van der Waals surface area contributed by atoms with Crippen molar-refractivity contribution < 1.29 is 13.2 Å². The molecule has 0 radical (unpaired) electrons. The molecule has 1 aromatic carbocycles. The van der Waals surface area contributed by atoms with Crippen LogP contribution in [0.15, 0.2) is 23.1 Å². The van der Waals surface area contributed by atoms with Crippen LogP contribution in [0, 0.1) is 0 Å². The summed E-state index contributed by atoms with van der Waals surface area (Å²) in [6, 6.07) is 5.27. The smallest absolute Gasteiger partial charge is 0.242 e. The lowest BCUT2D eigenvalue weighted by Gasteiger charge is -2.18. The topological polar surface area (TPSA) is 58.6 Å². The Kier molecular flexibility index (Phi) is 4.67. The minimum Gasteiger partial charge on any atom is -0.384 e. The molecule has 0 unspecified atom stereocenters. The Labute approximate surface area is 121 Å². The van der Waals surface area contributed by atoms with Gasteiger partial charge < -0.3 is 10.1 Å². The van der Waals surface area contributed by atoms with Gasteiger partial charge in [-0.05, 0) is 44.0 Å². The van der Waals surface area contributed by atoms with Gasteiger partial charge in [-0.1, -0.05) is 0 Å². The molecule has 20 heavy (non-hydrogen) atoms. The Morgan fingerprint density at radius 1 is 1.40 bits per heavy atom.